The van der Waals surface area contributed by atoms with Gasteiger partial charge >= 0.3 is 0 Å². The first-order chi connectivity index (χ1) is 15.5. The Morgan fingerprint density at radius 1 is 0.969 bits per heavy atom. The Morgan fingerprint density at radius 3 is 2.31 bits per heavy atom. The number of aliphatic hydroxyl groups excluding tert-OH is 4. The summed E-state index contributed by atoms with van der Waals surface area (Å²) in [7, 11) is 0. The molecule has 0 radical (unpaired) electrons. The summed E-state index contributed by atoms with van der Waals surface area (Å²) in [5, 5.41) is 41.7. The van der Waals surface area contributed by atoms with E-state index in [9.17, 15) is 25.2 Å². The zero-order valence-electron chi connectivity index (χ0n) is 18.9. The van der Waals surface area contributed by atoms with Crippen molar-refractivity contribution < 1.29 is 39.1 Å². The van der Waals surface area contributed by atoms with Crippen LogP contribution in [0, 0.1) is 0 Å². The Labute approximate surface area is 189 Å². The number of furan rings is 1. The van der Waals surface area contributed by atoms with Crippen LogP contribution >= 0.6 is 0 Å². The number of rotatable bonds is 15. The highest BCUT2D eigenvalue weighted by Crippen LogP contribution is 2.23. The Kier molecular flexibility index (Phi) is 12.0. The molecule has 0 aliphatic carbocycles. The van der Waals surface area contributed by atoms with Gasteiger partial charge in [0.1, 0.15) is 42.9 Å². The molecule has 1 aliphatic rings. The fourth-order valence-electron chi connectivity index (χ4n) is 3.70. The predicted octanol–water partition coefficient (Wildman–Crippen LogP) is 1.65. The van der Waals surface area contributed by atoms with Crippen molar-refractivity contribution in [1.29, 1.82) is 0 Å². The van der Waals surface area contributed by atoms with Gasteiger partial charge in [-0.1, -0.05) is 51.9 Å². The summed E-state index contributed by atoms with van der Waals surface area (Å²) >= 11 is 0. The van der Waals surface area contributed by atoms with Gasteiger partial charge in [-0.3, -0.25) is 4.79 Å². The second-order valence-corrected chi connectivity index (χ2v) is 8.40. The summed E-state index contributed by atoms with van der Waals surface area (Å²) < 4.78 is 16.4. The van der Waals surface area contributed by atoms with Crippen LogP contribution in [0.25, 0.3) is 0 Å². The number of unbranched alkanes of at least 4 members (excludes halogenated alkanes) is 7. The maximum absolute atomic E-state index is 12.0. The van der Waals surface area contributed by atoms with E-state index in [1.807, 2.05) is 0 Å². The molecular formula is C23H39NO8. The molecule has 2 rings (SSSR count). The Bertz CT molecular complexity index is 650. The minimum absolute atomic E-state index is 0.0174. The summed E-state index contributed by atoms with van der Waals surface area (Å²) in [5.74, 6) is 0.684. The molecule has 9 nitrogen and oxygen atoms in total. The number of carbonyl (C=O) groups is 1. The van der Waals surface area contributed by atoms with E-state index >= 15 is 0 Å². The molecular weight excluding hydrogens is 418 g/mol. The monoisotopic (exact) mass is 457 g/mol. The topological polar surface area (TPSA) is 142 Å². The molecule has 0 unspecified atom stereocenters. The van der Waals surface area contributed by atoms with Crippen molar-refractivity contribution >= 4 is 5.91 Å². The molecule has 184 valence electrons. The van der Waals surface area contributed by atoms with E-state index in [2.05, 4.69) is 12.2 Å². The second-order valence-electron chi connectivity index (χ2n) is 8.40. The van der Waals surface area contributed by atoms with Gasteiger partial charge in [0, 0.05) is 12.5 Å². The minimum atomic E-state index is -1.45. The van der Waals surface area contributed by atoms with E-state index in [4.69, 9.17) is 13.9 Å². The van der Waals surface area contributed by atoms with Crippen LogP contribution in [0.2, 0.25) is 0 Å². The van der Waals surface area contributed by atoms with Gasteiger partial charge in [-0.25, -0.2) is 0 Å². The van der Waals surface area contributed by atoms with E-state index < -0.39 is 37.1 Å². The lowest BCUT2D eigenvalue weighted by Gasteiger charge is -2.39. The molecule has 1 aromatic heterocycles. The van der Waals surface area contributed by atoms with Crippen LogP contribution in [0.1, 0.15) is 70.5 Å². The number of nitrogens with one attached hydrogen (secondary N) is 1. The van der Waals surface area contributed by atoms with Crippen molar-refractivity contribution in [2.24, 2.45) is 0 Å². The number of hydrogen-bond donors (Lipinski definition) is 5. The summed E-state index contributed by atoms with van der Waals surface area (Å²) in [6.45, 7) is 1.82. The third-order valence-corrected chi connectivity index (χ3v) is 5.74. The van der Waals surface area contributed by atoms with Crippen molar-refractivity contribution in [3.63, 3.8) is 0 Å². The van der Waals surface area contributed by atoms with Crippen LogP contribution in [-0.4, -0.2) is 70.1 Å². The molecule has 1 aromatic rings. The molecule has 9 heteroatoms. The van der Waals surface area contributed by atoms with Gasteiger partial charge < -0.3 is 39.6 Å². The standard InChI is InChI=1S/C23H39NO8/c1-2-3-4-5-6-7-8-9-10-19(26)24-13-16-11-12-20(31-16)30-15-18-22(28)23(29)21(27)17(14-25)32-18/h11-12,17-18,21-23,25,27-29H,2-10,13-15H2,1H3,(H,24,26)/t17-,18-,21-,22+,23+/m1/s1. The van der Waals surface area contributed by atoms with Crippen LogP contribution in [0.15, 0.2) is 16.5 Å². The third-order valence-electron chi connectivity index (χ3n) is 5.74. The van der Waals surface area contributed by atoms with Gasteiger partial charge in [0.15, 0.2) is 0 Å². The SMILES string of the molecule is CCCCCCCCCCC(=O)NCc1ccc(OC[C@H]2O[C@H](CO)[C@@H](O)[C@H](O)[C@H]2O)o1. The number of ether oxygens (including phenoxy) is 2. The lowest BCUT2D eigenvalue weighted by atomic mass is 9.95. The molecule has 1 aliphatic heterocycles. The molecule has 0 spiro atoms. The quantitative estimate of drug-likeness (QED) is 0.250. The summed E-state index contributed by atoms with van der Waals surface area (Å²) in [6.07, 6.45) is 3.84. The van der Waals surface area contributed by atoms with Crippen molar-refractivity contribution in [2.45, 2.75) is 102 Å². The zero-order chi connectivity index (χ0) is 23.3. The van der Waals surface area contributed by atoms with Crippen LogP contribution in [0.4, 0.5) is 0 Å². The highest BCUT2D eigenvalue weighted by Gasteiger charge is 2.43. The van der Waals surface area contributed by atoms with Gasteiger partial charge in [0.05, 0.1) is 13.2 Å². The first-order valence-electron chi connectivity index (χ1n) is 11.7. The fraction of sp³-hybridized carbons (Fsp3) is 0.783. The van der Waals surface area contributed by atoms with Gasteiger partial charge in [0.2, 0.25) is 5.91 Å². The number of amides is 1. The molecule has 1 fully saturated rings. The Balaban J connectivity index is 1.62. The highest BCUT2D eigenvalue weighted by molar-refractivity contribution is 5.75. The van der Waals surface area contributed by atoms with Crippen LogP contribution in [0.5, 0.6) is 5.95 Å². The van der Waals surface area contributed by atoms with Crippen molar-refractivity contribution in [3.8, 4) is 5.95 Å². The van der Waals surface area contributed by atoms with Crippen LogP contribution in [-0.2, 0) is 16.1 Å². The first-order valence-corrected chi connectivity index (χ1v) is 11.7. The Morgan fingerprint density at radius 2 is 1.62 bits per heavy atom. The average molecular weight is 458 g/mol. The van der Waals surface area contributed by atoms with Gasteiger partial charge in [-0.15, -0.1) is 0 Å². The van der Waals surface area contributed by atoms with Gasteiger partial charge in [-0.05, 0) is 12.5 Å². The molecule has 32 heavy (non-hydrogen) atoms. The van der Waals surface area contributed by atoms with E-state index in [0.717, 1.165) is 12.8 Å². The summed E-state index contributed by atoms with van der Waals surface area (Å²) in [4.78, 5) is 12.0. The van der Waals surface area contributed by atoms with Gasteiger partial charge in [0.25, 0.3) is 5.95 Å². The van der Waals surface area contributed by atoms with Crippen LogP contribution < -0.4 is 10.1 Å². The molecule has 0 aromatic carbocycles. The first kappa shape index (κ1) is 26.6. The summed E-state index contributed by atoms with van der Waals surface area (Å²) in [6, 6.07) is 3.27. The van der Waals surface area contributed by atoms with Crippen molar-refractivity contribution in [3.05, 3.63) is 17.9 Å². The average Bonchev–Trinajstić information content (AvgIpc) is 3.25. The number of aliphatic hydroxyl groups is 4. The molecule has 5 atom stereocenters. The molecule has 0 saturated carbocycles. The summed E-state index contributed by atoms with van der Waals surface area (Å²) in [5.41, 5.74) is 0. The van der Waals surface area contributed by atoms with E-state index in [1.54, 1.807) is 12.1 Å². The Hall–Kier alpha value is -1.65. The number of carbonyl (C=O) groups excluding carboxylic acids is 1. The minimum Gasteiger partial charge on any atom is -0.462 e. The molecule has 5 N–H and O–H groups in total. The predicted molar refractivity (Wildman–Crippen MR) is 117 cm³/mol. The van der Waals surface area contributed by atoms with E-state index in [1.165, 1.54) is 38.5 Å². The van der Waals surface area contributed by atoms with E-state index in [0.29, 0.717) is 12.2 Å². The highest BCUT2D eigenvalue weighted by atomic mass is 16.6. The second kappa shape index (κ2) is 14.5. The molecule has 1 amide bonds. The molecule has 1 saturated heterocycles. The maximum atomic E-state index is 12.0. The lowest BCUT2D eigenvalue weighted by Crippen LogP contribution is -2.59. The van der Waals surface area contributed by atoms with Crippen molar-refractivity contribution in [1.82, 2.24) is 5.32 Å². The molecule has 0 bridgehead atoms. The van der Waals surface area contributed by atoms with Gasteiger partial charge in [-0.2, -0.15) is 0 Å². The molecule has 2 heterocycles. The zero-order valence-corrected chi connectivity index (χ0v) is 18.9. The smallest absolute Gasteiger partial charge is 0.284 e. The largest absolute Gasteiger partial charge is 0.462 e. The maximum Gasteiger partial charge on any atom is 0.284 e. The van der Waals surface area contributed by atoms with E-state index in [-0.39, 0.29) is 25.0 Å². The van der Waals surface area contributed by atoms with Crippen LogP contribution in [0.3, 0.4) is 0 Å². The third kappa shape index (κ3) is 8.71. The fourth-order valence-corrected chi connectivity index (χ4v) is 3.70. The van der Waals surface area contributed by atoms with Crippen molar-refractivity contribution in [2.75, 3.05) is 13.2 Å². The number of hydrogen-bond acceptors (Lipinski definition) is 8. The normalized spacial score (nSPS) is 25.6. The lowest BCUT2D eigenvalue weighted by molar-refractivity contribution is -0.234.